The number of guanidine groups is 1. The first kappa shape index (κ1) is 21.3. The van der Waals surface area contributed by atoms with Crippen LogP contribution in [-0.2, 0) is 13.1 Å². The zero-order valence-corrected chi connectivity index (χ0v) is 17.6. The normalized spacial score (nSPS) is 10.9. The van der Waals surface area contributed by atoms with Crippen molar-refractivity contribution in [3.63, 3.8) is 0 Å². The molecule has 0 saturated carbocycles. The molecule has 2 aromatic rings. The van der Waals surface area contributed by atoms with Crippen LogP contribution in [0, 0.1) is 17.0 Å². The molecule has 0 amide bonds. The van der Waals surface area contributed by atoms with Gasteiger partial charge in [-0.15, -0.1) is 35.3 Å². The Morgan fingerprint density at radius 2 is 2.16 bits per heavy atom. The first-order valence-corrected chi connectivity index (χ1v) is 8.52. The van der Waals surface area contributed by atoms with E-state index >= 15 is 0 Å². The van der Waals surface area contributed by atoms with Crippen LogP contribution < -0.4 is 5.32 Å². The minimum Gasteiger partial charge on any atom is -0.357 e. The highest BCUT2D eigenvalue weighted by Gasteiger charge is 2.13. The summed E-state index contributed by atoms with van der Waals surface area (Å²) in [5.41, 5.74) is 1.67. The lowest BCUT2D eigenvalue weighted by Gasteiger charge is -2.21. The summed E-state index contributed by atoms with van der Waals surface area (Å²) >= 11 is 1.61. The van der Waals surface area contributed by atoms with Gasteiger partial charge in [0.05, 0.1) is 34.3 Å². The van der Waals surface area contributed by atoms with Gasteiger partial charge in [0, 0.05) is 25.0 Å². The zero-order valence-electron chi connectivity index (χ0n) is 14.4. The molecular formula is C16H22IN5O2S. The van der Waals surface area contributed by atoms with Crippen molar-refractivity contribution in [3.05, 3.63) is 56.0 Å². The largest absolute Gasteiger partial charge is 0.357 e. The van der Waals surface area contributed by atoms with Gasteiger partial charge in [-0.1, -0.05) is 18.2 Å². The van der Waals surface area contributed by atoms with Crippen molar-refractivity contribution in [1.29, 1.82) is 0 Å². The van der Waals surface area contributed by atoms with Crippen molar-refractivity contribution < 1.29 is 4.92 Å². The number of aryl methyl sites for hydroxylation is 1. The molecule has 0 atom stereocenters. The first-order valence-electron chi connectivity index (χ1n) is 7.64. The van der Waals surface area contributed by atoms with Crippen LogP contribution in [0.5, 0.6) is 0 Å². The minimum atomic E-state index is -0.375. The van der Waals surface area contributed by atoms with E-state index in [0.29, 0.717) is 18.1 Å². The van der Waals surface area contributed by atoms with E-state index in [4.69, 9.17) is 0 Å². The summed E-state index contributed by atoms with van der Waals surface area (Å²) in [7, 11) is 1.93. The van der Waals surface area contributed by atoms with Gasteiger partial charge in [-0.25, -0.2) is 9.98 Å². The molecule has 1 aromatic carbocycles. The van der Waals surface area contributed by atoms with E-state index in [1.807, 2.05) is 31.2 Å². The SMILES string of the molecule is CCNC(=NCc1ccccc1[N+](=O)[O-])N(C)Cc1csc(C)n1.I. The van der Waals surface area contributed by atoms with E-state index < -0.39 is 0 Å². The molecule has 0 radical (unpaired) electrons. The maximum atomic E-state index is 11.1. The number of thiazole rings is 1. The van der Waals surface area contributed by atoms with Crippen molar-refractivity contribution in [1.82, 2.24) is 15.2 Å². The van der Waals surface area contributed by atoms with E-state index in [1.165, 1.54) is 6.07 Å². The van der Waals surface area contributed by atoms with E-state index in [-0.39, 0.29) is 41.1 Å². The maximum Gasteiger partial charge on any atom is 0.274 e. The fourth-order valence-corrected chi connectivity index (χ4v) is 2.85. The molecule has 0 spiro atoms. The summed E-state index contributed by atoms with van der Waals surface area (Å²) in [6.07, 6.45) is 0. The Hall–Kier alpha value is -1.75. The molecule has 0 unspecified atom stereocenters. The molecule has 0 saturated heterocycles. The standard InChI is InChI=1S/C16H21N5O2S.HI/c1-4-17-16(20(3)10-14-11-24-12(2)19-14)18-9-13-7-5-6-8-15(13)21(22)23;/h5-8,11H,4,9-10H2,1-3H3,(H,17,18);1H. The van der Waals surface area contributed by atoms with Gasteiger partial charge in [0.25, 0.3) is 5.69 Å². The highest BCUT2D eigenvalue weighted by molar-refractivity contribution is 14.0. The highest BCUT2D eigenvalue weighted by Crippen LogP contribution is 2.18. The lowest BCUT2D eigenvalue weighted by atomic mass is 10.2. The lowest BCUT2D eigenvalue weighted by molar-refractivity contribution is -0.385. The number of nitrogens with zero attached hydrogens (tertiary/aromatic N) is 4. The number of aliphatic imine (C=N–C) groups is 1. The number of benzene rings is 1. The van der Waals surface area contributed by atoms with Gasteiger partial charge >= 0.3 is 0 Å². The second kappa shape index (κ2) is 10.3. The van der Waals surface area contributed by atoms with Crippen LogP contribution in [0.2, 0.25) is 0 Å². The molecule has 0 fully saturated rings. The molecule has 1 heterocycles. The number of halogens is 1. The Labute approximate surface area is 168 Å². The van der Waals surface area contributed by atoms with Crippen molar-refractivity contribution in [2.75, 3.05) is 13.6 Å². The smallest absolute Gasteiger partial charge is 0.274 e. The summed E-state index contributed by atoms with van der Waals surface area (Å²) in [6.45, 7) is 5.56. The fraction of sp³-hybridized carbons (Fsp3) is 0.375. The molecule has 25 heavy (non-hydrogen) atoms. The Bertz CT molecular complexity index is 735. The molecule has 0 aliphatic rings. The molecule has 0 aliphatic carbocycles. The molecular weight excluding hydrogens is 453 g/mol. The van der Waals surface area contributed by atoms with Gasteiger partial charge in [0.1, 0.15) is 0 Å². The summed E-state index contributed by atoms with van der Waals surface area (Å²) < 4.78 is 0. The quantitative estimate of drug-likeness (QED) is 0.227. The van der Waals surface area contributed by atoms with Crippen LogP contribution in [0.3, 0.4) is 0 Å². The van der Waals surface area contributed by atoms with Gasteiger partial charge in [-0.2, -0.15) is 0 Å². The van der Waals surface area contributed by atoms with Crippen molar-refractivity contribution in [2.45, 2.75) is 26.9 Å². The number of nitro benzene ring substituents is 1. The molecule has 2 rings (SSSR count). The molecule has 1 aromatic heterocycles. The summed E-state index contributed by atoms with van der Waals surface area (Å²) in [5.74, 6) is 0.696. The Morgan fingerprint density at radius 1 is 1.44 bits per heavy atom. The maximum absolute atomic E-state index is 11.1. The average Bonchev–Trinajstić information content (AvgIpc) is 2.96. The van der Waals surface area contributed by atoms with E-state index in [0.717, 1.165) is 17.2 Å². The second-order valence-corrected chi connectivity index (χ2v) is 6.33. The first-order chi connectivity index (χ1) is 11.5. The molecule has 0 aliphatic heterocycles. The highest BCUT2D eigenvalue weighted by atomic mass is 127. The van der Waals surface area contributed by atoms with Crippen molar-refractivity contribution in [3.8, 4) is 0 Å². The van der Waals surface area contributed by atoms with E-state index in [2.05, 4.69) is 15.3 Å². The van der Waals surface area contributed by atoms with Gasteiger partial charge < -0.3 is 10.2 Å². The Morgan fingerprint density at radius 3 is 2.76 bits per heavy atom. The van der Waals surface area contributed by atoms with Crippen LogP contribution in [0.25, 0.3) is 0 Å². The number of para-hydroxylation sites is 1. The van der Waals surface area contributed by atoms with Crippen LogP contribution in [-0.4, -0.2) is 34.4 Å². The van der Waals surface area contributed by atoms with Crippen molar-refractivity contribution in [2.24, 2.45) is 4.99 Å². The molecule has 7 nitrogen and oxygen atoms in total. The van der Waals surface area contributed by atoms with Crippen LogP contribution in [0.1, 0.15) is 23.2 Å². The number of hydrogen-bond acceptors (Lipinski definition) is 5. The van der Waals surface area contributed by atoms with Crippen molar-refractivity contribution >= 4 is 47.0 Å². The second-order valence-electron chi connectivity index (χ2n) is 5.27. The van der Waals surface area contributed by atoms with Crippen LogP contribution in [0.15, 0.2) is 34.6 Å². The number of nitrogens with one attached hydrogen (secondary N) is 1. The van der Waals surface area contributed by atoms with Gasteiger partial charge in [-0.3, -0.25) is 10.1 Å². The Balaban J connectivity index is 0.00000312. The monoisotopic (exact) mass is 475 g/mol. The van der Waals surface area contributed by atoms with Crippen LogP contribution >= 0.6 is 35.3 Å². The predicted octanol–water partition coefficient (Wildman–Crippen LogP) is 3.58. The third-order valence-corrected chi connectivity index (χ3v) is 4.17. The predicted molar refractivity (Wildman–Crippen MR) is 112 cm³/mol. The van der Waals surface area contributed by atoms with Crippen LogP contribution in [0.4, 0.5) is 5.69 Å². The third kappa shape index (κ3) is 6.24. The summed E-state index contributed by atoms with van der Waals surface area (Å²) in [4.78, 5) is 21.7. The Kier molecular flexibility index (Phi) is 8.76. The molecule has 9 heteroatoms. The summed E-state index contributed by atoms with van der Waals surface area (Å²) in [5, 5.41) is 17.4. The summed E-state index contributed by atoms with van der Waals surface area (Å²) in [6, 6.07) is 6.67. The molecule has 0 bridgehead atoms. The number of aromatic nitrogens is 1. The third-order valence-electron chi connectivity index (χ3n) is 3.35. The van der Waals surface area contributed by atoms with E-state index in [9.17, 15) is 10.1 Å². The molecule has 136 valence electrons. The number of nitro groups is 1. The van der Waals surface area contributed by atoms with Gasteiger partial charge in [0.2, 0.25) is 0 Å². The number of hydrogen-bond donors (Lipinski definition) is 1. The number of rotatable bonds is 6. The minimum absolute atomic E-state index is 0. The van der Waals surface area contributed by atoms with Gasteiger partial charge in [-0.05, 0) is 13.8 Å². The topological polar surface area (TPSA) is 83.7 Å². The zero-order chi connectivity index (χ0) is 17.5. The van der Waals surface area contributed by atoms with E-state index in [1.54, 1.807) is 29.5 Å². The van der Waals surface area contributed by atoms with Gasteiger partial charge in [0.15, 0.2) is 5.96 Å². The average molecular weight is 475 g/mol. The lowest BCUT2D eigenvalue weighted by Crippen LogP contribution is -2.38. The molecule has 1 N–H and O–H groups in total. The fourth-order valence-electron chi connectivity index (χ4n) is 2.25.